The zero-order valence-corrected chi connectivity index (χ0v) is 8.47. The molecule has 4 nitrogen and oxygen atoms in total. The third kappa shape index (κ3) is 1.35. The van der Waals surface area contributed by atoms with Crippen LogP contribution in [0.15, 0.2) is 36.8 Å². The molecule has 0 saturated heterocycles. The first kappa shape index (κ1) is 9.03. The summed E-state index contributed by atoms with van der Waals surface area (Å²) in [5.41, 5.74) is 3.57. The Labute approximate surface area is 92.4 Å². The van der Waals surface area contributed by atoms with Gasteiger partial charge in [0.25, 0.3) is 5.91 Å². The molecule has 2 aromatic rings. The van der Waals surface area contributed by atoms with E-state index in [1.165, 1.54) is 0 Å². The van der Waals surface area contributed by atoms with Crippen molar-refractivity contribution in [3.05, 3.63) is 48.0 Å². The number of hydrogen-bond donors (Lipinski definition) is 1. The van der Waals surface area contributed by atoms with E-state index in [1.54, 1.807) is 18.6 Å². The topological polar surface area (TPSA) is 54.9 Å². The number of carbonyl (C=O) groups is 1. The predicted molar refractivity (Wildman–Crippen MR) is 58.6 cm³/mol. The molecule has 2 aromatic heterocycles. The standard InChI is InChI=1S/C12H9N3O/c16-12-11-10(7-15-12)5-9(6-14-11)8-1-3-13-4-2-8/h1-6H,7H2,(H,15,16). The molecule has 3 rings (SSSR count). The molecule has 0 atom stereocenters. The van der Waals surface area contributed by atoms with E-state index in [9.17, 15) is 4.79 Å². The van der Waals surface area contributed by atoms with Gasteiger partial charge < -0.3 is 5.32 Å². The molecule has 0 aromatic carbocycles. The van der Waals surface area contributed by atoms with Gasteiger partial charge in [0, 0.05) is 36.3 Å². The lowest BCUT2D eigenvalue weighted by atomic mass is 10.1. The van der Waals surface area contributed by atoms with Crippen molar-refractivity contribution in [1.82, 2.24) is 15.3 Å². The first-order chi connectivity index (χ1) is 7.84. The summed E-state index contributed by atoms with van der Waals surface area (Å²) in [5, 5.41) is 2.75. The summed E-state index contributed by atoms with van der Waals surface area (Å²) < 4.78 is 0. The molecule has 0 spiro atoms. The fourth-order valence-electron chi connectivity index (χ4n) is 1.81. The summed E-state index contributed by atoms with van der Waals surface area (Å²) >= 11 is 0. The quantitative estimate of drug-likeness (QED) is 0.775. The number of nitrogens with zero attached hydrogens (tertiary/aromatic N) is 2. The normalized spacial score (nSPS) is 13.4. The van der Waals surface area contributed by atoms with E-state index < -0.39 is 0 Å². The summed E-state index contributed by atoms with van der Waals surface area (Å²) in [7, 11) is 0. The Hall–Kier alpha value is -2.23. The number of amides is 1. The van der Waals surface area contributed by atoms with Crippen molar-refractivity contribution in [2.75, 3.05) is 0 Å². The number of rotatable bonds is 1. The van der Waals surface area contributed by atoms with Crippen LogP contribution in [0.4, 0.5) is 0 Å². The lowest BCUT2D eigenvalue weighted by Gasteiger charge is -2.02. The highest BCUT2D eigenvalue weighted by atomic mass is 16.2. The van der Waals surface area contributed by atoms with E-state index in [2.05, 4.69) is 15.3 Å². The van der Waals surface area contributed by atoms with Crippen molar-refractivity contribution in [3.63, 3.8) is 0 Å². The first-order valence-corrected chi connectivity index (χ1v) is 5.02. The molecule has 0 unspecified atom stereocenters. The lowest BCUT2D eigenvalue weighted by molar-refractivity contribution is 0.0961. The number of carbonyl (C=O) groups excluding carboxylic acids is 1. The summed E-state index contributed by atoms with van der Waals surface area (Å²) in [5.74, 6) is -0.0868. The van der Waals surface area contributed by atoms with Gasteiger partial charge in [-0.05, 0) is 23.8 Å². The van der Waals surface area contributed by atoms with Gasteiger partial charge in [-0.15, -0.1) is 0 Å². The summed E-state index contributed by atoms with van der Waals surface area (Å²) in [4.78, 5) is 19.5. The highest BCUT2D eigenvalue weighted by Gasteiger charge is 2.20. The maximum atomic E-state index is 11.3. The van der Waals surface area contributed by atoms with Crippen LogP contribution in [0.3, 0.4) is 0 Å². The molecule has 1 aliphatic heterocycles. The van der Waals surface area contributed by atoms with Crippen LogP contribution in [0, 0.1) is 0 Å². The number of hydrogen-bond acceptors (Lipinski definition) is 3. The van der Waals surface area contributed by atoms with Gasteiger partial charge in [-0.2, -0.15) is 0 Å². The Morgan fingerprint density at radius 1 is 1.19 bits per heavy atom. The fourth-order valence-corrected chi connectivity index (χ4v) is 1.81. The number of pyridine rings is 2. The minimum Gasteiger partial charge on any atom is -0.347 e. The molecule has 0 bridgehead atoms. The maximum Gasteiger partial charge on any atom is 0.270 e. The first-order valence-electron chi connectivity index (χ1n) is 5.02. The molecule has 1 amide bonds. The van der Waals surface area contributed by atoms with E-state index in [0.29, 0.717) is 12.2 Å². The molecule has 0 radical (unpaired) electrons. The summed E-state index contributed by atoms with van der Waals surface area (Å²) in [6, 6.07) is 5.84. The zero-order valence-electron chi connectivity index (χ0n) is 8.47. The highest BCUT2D eigenvalue weighted by molar-refractivity contribution is 5.96. The fraction of sp³-hybridized carbons (Fsp3) is 0.0833. The minimum absolute atomic E-state index is 0.0868. The molecule has 1 N–H and O–H groups in total. The van der Waals surface area contributed by atoms with Crippen LogP contribution in [-0.4, -0.2) is 15.9 Å². The monoisotopic (exact) mass is 211 g/mol. The zero-order chi connectivity index (χ0) is 11.0. The van der Waals surface area contributed by atoms with Crippen molar-refractivity contribution >= 4 is 5.91 Å². The second-order valence-electron chi connectivity index (χ2n) is 3.65. The van der Waals surface area contributed by atoms with Crippen LogP contribution < -0.4 is 5.32 Å². The van der Waals surface area contributed by atoms with Gasteiger partial charge in [-0.3, -0.25) is 14.8 Å². The molecule has 4 heteroatoms. The Morgan fingerprint density at radius 3 is 2.81 bits per heavy atom. The molecule has 1 aliphatic rings. The van der Waals surface area contributed by atoms with Crippen LogP contribution in [0.25, 0.3) is 11.1 Å². The Kier molecular flexibility index (Phi) is 1.93. The highest BCUT2D eigenvalue weighted by Crippen LogP contribution is 2.22. The Bertz CT molecular complexity index is 551. The molecule has 16 heavy (non-hydrogen) atoms. The van der Waals surface area contributed by atoms with E-state index >= 15 is 0 Å². The van der Waals surface area contributed by atoms with E-state index in [1.807, 2.05) is 18.2 Å². The number of nitrogens with one attached hydrogen (secondary N) is 1. The van der Waals surface area contributed by atoms with Crippen molar-refractivity contribution < 1.29 is 4.79 Å². The minimum atomic E-state index is -0.0868. The lowest BCUT2D eigenvalue weighted by Crippen LogP contribution is -2.13. The third-order valence-corrected chi connectivity index (χ3v) is 2.63. The molecule has 3 heterocycles. The van der Waals surface area contributed by atoms with Crippen molar-refractivity contribution in [2.24, 2.45) is 0 Å². The number of fused-ring (bicyclic) bond motifs is 1. The third-order valence-electron chi connectivity index (χ3n) is 2.63. The van der Waals surface area contributed by atoms with Crippen molar-refractivity contribution in [1.29, 1.82) is 0 Å². The molecule has 78 valence electrons. The second kappa shape index (κ2) is 3.41. The van der Waals surface area contributed by atoms with Gasteiger partial charge in [-0.1, -0.05) is 0 Å². The second-order valence-corrected chi connectivity index (χ2v) is 3.65. The average molecular weight is 211 g/mol. The van der Waals surface area contributed by atoms with E-state index in [4.69, 9.17) is 0 Å². The van der Waals surface area contributed by atoms with Crippen LogP contribution in [0.2, 0.25) is 0 Å². The smallest absolute Gasteiger partial charge is 0.270 e. The summed E-state index contributed by atoms with van der Waals surface area (Å²) in [6.45, 7) is 0.570. The van der Waals surface area contributed by atoms with Gasteiger partial charge in [0.15, 0.2) is 0 Å². The van der Waals surface area contributed by atoms with E-state index in [-0.39, 0.29) is 5.91 Å². The van der Waals surface area contributed by atoms with Crippen LogP contribution in [0.5, 0.6) is 0 Å². The van der Waals surface area contributed by atoms with E-state index in [0.717, 1.165) is 16.7 Å². The molecular formula is C12H9N3O. The van der Waals surface area contributed by atoms with Gasteiger partial charge in [0.05, 0.1) is 0 Å². The van der Waals surface area contributed by atoms with Crippen LogP contribution in [-0.2, 0) is 6.54 Å². The SMILES string of the molecule is O=C1NCc2cc(-c3ccncc3)cnc21. The molecule has 0 fully saturated rings. The van der Waals surface area contributed by atoms with Gasteiger partial charge in [-0.25, -0.2) is 0 Å². The molecule has 0 saturated carbocycles. The molecule has 0 aliphatic carbocycles. The average Bonchev–Trinajstić information content (AvgIpc) is 2.72. The van der Waals surface area contributed by atoms with Gasteiger partial charge in [0.1, 0.15) is 5.69 Å². The molecular weight excluding hydrogens is 202 g/mol. The largest absolute Gasteiger partial charge is 0.347 e. The predicted octanol–water partition coefficient (Wildman–Crippen LogP) is 1.39. The maximum absolute atomic E-state index is 11.3. The van der Waals surface area contributed by atoms with Gasteiger partial charge in [0.2, 0.25) is 0 Å². The van der Waals surface area contributed by atoms with Gasteiger partial charge >= 0.3 is 0 Å². The van der Waals surface area contributed by atoms with Crippen molar-refractivity contribution in [3.8, 4) is 11.1 Å². The van der Waals surface area contributed by atoms with Crippen LogP contribution >= 0.6 is 0 Å². The summed E-state index contributed by atoms with van der Waals surface area (Å²) in [6.07, 6.45) is 5.21. The Morgan fingerprint density at radius 2 is 2.00 bits per heavy atom. The van der Waals surface area contributed by atoms with Crippen LogP contribution in [0.1, 0.15) is 16.1 Å². The Balaban J connectivity index is 2.09. The number of aromatic nitrogens is 2. The van der Waals surface area contributed by atoms with Crippen molar-refractivity contribution in [2.45, 2.75) is 6.54 Å².